The van der Waals surface area contributed by atoms with Gasteiger partial charge in [-0.25, -0.2) is 0 Å². The third-order valence-electron chi connectivity index (χ3n) is 8.62. The fourth-order valence-corrected chi connectivity index (χ4v) is 6.79. The molecule has 0 unspecified atom stereocenters. The number of benzene rings is 5. The van der Waals surface area contributed by atoms with Gasteiger partial charge in [0.15, 0.2) is 0 Å². The summed E-state index contributed by atoms with van der Waals surface area (Å²) in [7, 11) is 0. The summed E-state index contributed by atoms with van der Waals surface area (Å²) < 4.78 is 4.77. The van der Waals surface area contributed by atoms with E-state index in [2.05, 4.69) is 143 Å². The van der Waals surface area contributed by atoms with Crippen LogP contribution in [-0.2, 0) is 0 Å². The SMILES string of the molecule is c1ccc(-c2cc(-n3c4ccccc4c4ccccc43)cc(-c3ccccn3)c2-n2c3ccccc3c3ccccc32)nc1. The lowest BCUT2D eigenvalue weighted by Gasteiger charge is -2.21. The van der Waals surface area contributed by atoms with E-state index >= 15 is 0 Å². The molecule has 206 valence electrons. The molecule has 44 heavy (non-hydrogen) atoms. The molecule has 0 radical (unpaired) electrons. The molecule has 5 aromatic carbocycles. The Labute approximate surface area is 254 Å². The van der Waals surface area contributed by atoms with E-state index in [-0.39, 0.29) is 0 Å². The van der Waals surface area contributed by atoms with Crippen molar-refractivity contribution in [3.05, 3.63) is 158 Å². The first-order chi connectivity index (χ1) is 21.9. The molecular formula is C40H26N4. The van der Waals surface area contributed by atoms with Crippen LogP contribution in [0.1, 0.15) is 0 Å². The lowest BCUT2D eigenvalue weighted by Crippen LogP contribution is -2.05. The molecule has 0 atom stereocenters. The maximum Gasteiger partial charge on any atom is 0.0724 e. The highest BCUT2D eigenvalue weighted by atomic mass is 15.0. The van der Waals surface area contributed by atoms with Gasteiger partial charge in [-0.05, 0) is 60.7 Å². The summed E-state index contributed by atoms with van der Waals surface area (Å²) >= 11 is 0. The number of hydrogen-bond acceptors (Lipinski definition) is 2. The highest BCUT2D eigenvalue weighted by Crippen LogP contribution is 2.43. The Balaban J connectivity index is 1.49. The second-order valence-corrected chi connectivity index (χ2v) is 11.1. The molecule has 0 spiro atoms. The smallest absolute Gasteiger partial charge is 0.0724 e. The van der Waals surface area contributed by atoms with E-state index in [9.17, 15) is 0 Å². The fourth-order valence-electron chi connectivity index (χ4n) is 6.79. The van der Waals surface area contributed by atoms with Gasteiger partial charge in [0.25, 0.3) is 0 Å². The van der Waals surface area contributed by atoms with Crippen molar-refractivity contribution in [2.45, 2.75) is 0 Å². The molecule has 0 aliphatic heterocycles. The Morgan fingerprint density at radius 3 is 1.11 bits per heavy atom. The summed E-state index contributed by atoms with van der Waals surface area (Å²) in [6.07, 6.45) is 3.75. The molecule has 4 heteroatoms. The van der Waals surface area contributed by atoms with Crippen molar-refractivity contribution < 1.29 is 0 Å². The molecule has 9 aromatic rings. The molecule has 4 aromatic heterocycles. The topological polar surface area (TPSA) is 35.6 Å². The van der Waals surface area contributed by atoms with Gasteiger partial charge >= 0.3 is 0 Å². The van der Waals surface area contributed by atoms with Crippen molar-refractivity contribution in [1.29, 1.82) is 0 Å². The van der Waals surface area contributed by atoms with E-state index in [1.807, 2.05) is 24.5 Å². The molecule has 9 rings (SSSR count). The van der Waals surface area contributed by atoms with E-state index in [4.69, 9.17) is 9.97 Å². The van der Waals surface area contributed by atoms with Gasteiger partial charge in [0.05, 0.1) is 39.1 Å². The number of fused-ring (bicyclic) bond motifs is 6. The summed E-state index contributed by atoms with van der Waals surface area (Å²) in [6.45, 7) is 0. The number of rotatable bonds is 4. The Morgan fingerprint density at radius 2 is 0.727 bits per heavy atom. The van der Waals surface area contributed by atoms with E-state index in [1.165, 1.54) is 21.5 Å². The van der Waals surface area contributed by atoms with Crippen LogP contribution in [0.2, 0.25) is 0 Å². The summed E-state index contributed by atoms with van der Waals surface area (Å²) in [4.78, 5) is 9.84. The van der Waals surface area contributed by atoms with Crippen LogP contribution < -0.4 is 0 Å². The van der Waals surface area contributed by atoms with Gasteiger partial charge in [0, 0.05) is 50.8 Å². The zero-order valence-electron chi connectivity index (χ0n) is 23.8. The molecular weight excluding hydrogens is 536 g/mol. The zero-order chi connectivity index (χ0) is 29.0. The highest BCUT2D eigenvalue weighted by Gasteiger charge is 2.23. The van der Waals surface area contributed by atoms with E-state index in [1.54, 1.807) is 0 Å². The average molecular weight is 563 g/mol. The monoisotopic (exact) mass is 562 g/mol. The van der Waals surface area contributed by atoms with E-state index in [0.29, 0.717) is 0 Å². The highest BCUT2D eigenvalue weighted by molar-refractivity contribution is 6.11. The number of aromatic nitrogens is 4. The van der Waals surface area contributed by atoms with E-state index < -0.39 is 0 Å². The third-order valence-corrected chi connectivity index (χ3v) is 8.62. The predicted molar refractivity (Wildman–Crippen MR) is 182 cm³/mol. The van der Waals surface area contributed by atoms with Crippen molar-refractivity contribution in [3.8, 4) is 33.9 Å². The largest absolute Gasteiger partial charge is 0.309 e. The first-order valence-corrected chi connectivity index (χ1v) is 14.8. The van der Waals surface area contributed by atoms with Crippen molar-refractivity contribution >= 4 is 43.6 Å². The van der Waals surface area contributed by atoms with Gasteiger partial charge in [-0.15, -0.1) is 0 Å². The maximum absolute atomic E-state index is 4.92. The van der Waals surface area contributed by atoms with Gasteiger partial charge in [0.2, 0.25) is 0 Å². The zero-order valence-corrected chi connectivity index (χ0v) is 23.8. The quantitative estimate of drug-likeness (QED) is 0.214. The number of nitrogens with zero attached hydrogens (tertiary/aromatic N) is 4. The standard InChI is InChI=1S/C40H26N4/c1-5-19-36-28(13-1)29-14-2-6-20-37(29)43(36)27-25-32(34-17-9-11-23-41-34)40(33(26-27)35-18-10-12-24-42-35)44-38-21-7-3-15-30(38)31-16-4-8-22-39(31)44/h1-26H. The van der Waals surface area contributed by atoms with Crippen molar-refractivity contribution in [2.75, 3.05) is 0 Å². The Hall–Kier alpha value is -6.00. The minimum absolute atomic E-state index is 0.907. The van der Waals surface area contributed by atoms with Gasteiger partial charge in [-0.3, -0.25) is 9.97 Å². The van der Waals surface area contributed by atoms with Crippen LogP contribution in [0.3, 0.4) is 0 Å². The molecule has 0 bridgehead atoms. The van der Waals surface area contributed by atoms with Crippen LogP contribution >= 0.6 is 0 Å². The van der Waals surface area contributed by atoms with Crippen LogP contribution in [0.25, 0.3) is 77.5 Å². The first kappa shape index (κ1) is 24.6. The molecule has 4 heterocycles. The third kappa shape index (κ3) is 3.64. The molecule has 4 nitrogen and oxygen atoms in total. The Bertz CT molecular complexity index is 2320. The second-order valence-electron chi connectivity index (χ2n) is 11.1. The minimum atomic E-state index is 0.907. The van der Waals surface area contributed by atoms with E-state index in [0.717, 1.165) is 56.0 Å². The molecule has 0 aliphatic rings. The van der Waals surface area contributed by atoms with Crippen LogP contribution in [0, 0.1) is 0 Å². The Morgan fingerprint density at radius 1 is 0.364 bits per heavy atom. The normalized spacial score (nSPS) is 11.6. The summed E-state index contributed by atoms with van der Waals surface area (Å²) in [5, 5.41) is 4.89. The molecule has 0 saturated carbocycles. The summed E-state index contributed by atoms with van der Waals surface area (Å²) in [5.74, 6) is 0. The maximum atomic E-state index is 4.92. The van der Waals surface area contributed by atoms with Gasteiger partial charge in [-0.2, -0.15) is 0 Å². The van der Waals surface area contributed by atoms with Gasteiger partial charge in [0.1, 0.15) is 0 Å². The predicted octanol–water partition coefficient (Wildman–Crippen LogP) is 10.0. The van der Waals surface area contributed by atoms with Crippen LogP contribution in [0.5, 0.6) is 0 Å². The summed E-state index contributed by atoms with van der Waals surface area (Å²) in [5.41, 5.74) is 10.6. The lowest BCUT2D eigenvalue weighted by atomic mass is 9.98. The van der Waals surface area contributed by atoms with Crippen molar-refractivity contribution in [2.24, 2.45) is 0 Å². The van der Waals surface area contributed by atoms with Gasteiger partial charge < -0.3 is 9.13 Å². The molecule has 0 saturated heterocycles. The molecule has 0 fully saturated rings. The van der Waals surface area contributed by atoms with Crippen molar-refractivity contribution in [1.82, 2.24) is 19.1 Å². The fraction of sp³-hybridized carbons (Fsp3) is 0. The Kier molecular flexibility index (Phi) is 5.47. The van der Waals surface area contributed by atoms with Crippen LogP contribution in [-0.4, -0.2) is 19.1 Å². The minimum Gasteiger partial charge on any atom is -0.309 e. The number of pyridine rings is 2. The average Bonchev–Trinajstić information content (AvgIpc) is 3.62. The molecule has 0 aliphatic carbocycles. The van der Waals surface area contributed by atoms with Crippen LogP contribution in [0.4, 0.5) is 0 Å². The number of para-hydroxylation sites is 4. The number of hydrogen-bond donors (Lipinski definition) is 0. The lowest BCUT2D eigenvalue weighted by molar-refractivity contribution is 1.13. The second kappa shape index (κ2) is 9.79. The molecule has 0 amide bonds. The van der Waals surface area contributed by atoms with Gasteiger partial charge in [-0.1, -0.05) is 84.9 Å². The first-order valence-electron chi connectivity index (χ1n) is 14.8. The summed E-state index contributed by atoms with van der Waals surface area (Å²) in [6, 6.07) is 51.5. The molecule has 0 N–H and O–H groups in total. The van der Waals surface area contributed by atoms with Crippen molar-refractivity contribution in [3.63, 3.8) is 0 Å². The van der Waals surface area contributed by atoms with Crippen LogP contribution in [0.15, 0.2) is 158 Å².